The van der Waals surface area contributed by atoms with Gasteiger partial charge in [-0.15, -0.1) is 0 Å². The molecule has 1 aromatic rings. The van der Waals surface area contributed by atoms with Gasteiger partial charge in [0.25, 0.3) is 0 Å². The largest absolute Gasteiger partial charge is 0.491 e. The number of ether oxygens (including phenoxy) is 1. The Balaban J connectivity index is 1.45. The van der Waals surface area contributed by atoms with Crippen LogP contribution in [0.4, 0.5) is 0 Å². The first kappa shape index (κ1) is 12.3. The van der Waals surface area contributed by atoms with Crippen molar-refractivity contribution < 1.29 is 4.74 Å². The Kier molecular flexibility index (Phi) is 3.17. The van der Waals surface area contributed by atoms with Gasteiger partial charge in [-0.3, -0.25) is 0 Å². The first-order chi connectivity index (χ1) is 9.90. The van der Waals surface area contributed by atoms with Gasteiger partial charge in [0, 0.05) is 0 Å². The molecular weight excluding hydrogens is 246 g/mol. The van der Waals surface area contributed by atoms with Crippen LogP contribution in [0.5, 0.6) is 5.75 Å². The fourth-order valence-electron chi connectivity index (χ4n) is 4.17. The van der Waals surface area contributed by atoms with Gasteiger partial charge in [0.15, 0.2) is 0 Å². The topological polar surface area (TPSA) is 21.3 Å². The van der Waals surface area contributed by atoms with E-state index in [4.69, 9.17) is 4.74 Å². The summed E-state index contributed by atoms with van der Waals surface area (Å²) >= 11 is 0. The fourth-order valence-corrected chi connectivity index (χ4v) is 4.17. The molecule has 106 valence electrons. The molecule has 1 N–H and O–H groups in total. The monoisotopic (exact) mass is 269 g/mol. The van der Waals surface area contributed by atoms with Crippen molar-refractivity contribution in [3.05, 3.63) is 41.6 Å². The minimum absolute atomic E-state index is 0.450. The Bertz CT molecular complexity index is 514. The van der Waals surface area contributed by atoms with E-state index in [0.717, 1.165) is 30.6 Å². The summed E-state index contributed by atoms with van der Waals surface area (Å²) in [5, 5.41) is 3.31. The summed E-state index contributed by atoms with van der Waals surface area (Å²) in [6, 6.07) is 7.26. The third kappa shape index (κ3) is 2.21. The summed E-state index contributed by atoms with van der Waals surface area (Å²) in [6.07, 6.45) is 12.2. The van der Waals surface area contributed by atoms with Gasteiger partial charge < -0.3 is 10.1 Å². The lowest BCUT2D eigenvalue weighted by Gasteiger charge is -2.25. The van der Waals surface area contributed by atoms with Crippen molar-refractivity contribution in [1.82, 2.24) is 5.32 Å². The lowest BCUT2D eigenvalue weighted by atomic mass is 9.80. The molecule has 2 aliphatic carbocycles. The molecule has 3 atom stereocenters. The molecule has 0 aromatic heterocycles. The lowest BCUT2D eigenvalue weighted by Crippen LogP contribution is -2.26. The van der Waals surface area contributed by atoms with Crippen molar-refractivity contribution >= 4 is 0 Å². The normalized spacial score (nSPS) is 30.7. The maximum atomic E-state index is 5.97. The van der Waals surface area contributed by atoms with E-state index in [1.54, 1.807) is 11.1 Å². The van der Waals surface area contributed by atoms with Crippen molar-refractivity contribution in [1.29, 1.82) is 0 Å². The Morgan fingerprint density at radius 2 is 2.15 bits per heavy atom. The zero-order valence-corrected chi connectivity index (χ0v) is 12.0. The summed E-state index contributed by atoms with van der Waals surface area (Å²) in [7, 11) is 0. The predicted octanol–water partition coefficient (Wildman–Crippen LogP) is 3.77. The third-order valence-electron chi connectivity index (χ3n) is 5.23. The van der Waals surface area contributed by atoms with Crippen LogP contribution >= 0.6 is 0 Å². The second-order valence-corrected chi connectivity index (χ2v) is 6.53. The van der Waals surface area contributed by atoms with Gasteiger partial charge in [-0.25, -0.2) is 0 Å². The highest BCUT2D eigenvalue weighted by molar-refractivity contribution is 5.42. The molecule has 0 bridgehead atoms. The second-order valence-electron chi connectivity index (χ2n) is 6.53. The molecule has 1 aromatic carbocycles. The molecule has 2 heteroatoms. The molecule has 4 rings (SSSR count). The summed E-state index contributed by atoms with van der Waals surface area (Å²) < 4.78 is 5.97. The van der Waals surface area contributed by atoms with Crippen molar-refractivity contribution in [2.24, 2.45) is 5.92 Å². The minimum atomic E-state index is 0.450. The van der Waals surface area contributed by atoms with Crippen LogP contribution < -0.4 is 10.1 Å². The Morgan fingerprint density at radius 1 is 1.20 bits per heavy atom. The van der Waals surface area contributed by atoms with Gasteiger partial charge in [-0.1, -0.05) is 25.0 Å². The van der Waals surface area contributed by atoms with Crippen LogP contribution in [0.3, 0.4) is 0 Å². The lowest BCUT2D eigenvalue weighted by molar-refractivity contribution is 0.280. The van der Waals surface area contributed by atoms with E-state index < -0.39 is 0 Å². The molecule has 0 radical (unpaired) electrons. The average Bonchev–Trinajstić information content (AvgIpc) is 3.12. The fraction of sp³-hybridized carbons (Fsp3) is 0.556. The predicted molar refractivity (Wildman–Crippen MR) is 81.0 cm³/mol. The molecule has 1 heterocycles. The standard InChI is InChI=1S/C18H23NO/c1-2-6-17-13(4-1)10-14-11-16(7-8-18(14)17)20-12-15-5-3-9-19-15/h3,7-9,11,13,15,17,19H,1-2,4-6,10,12H2/t13?,15-,17?/m0/s1. The number of rotatable bonds is 3. The van der Waals surface area contributed by atoms with Gasteiger partial charge in [-0.2, -0.15) is 0 Å². The van der Waals surface area contributed by atoms with Crippen LogP contribution in [-0.2, 0) is 6.42 Å². The van der Waals surface area contributed by atoms with Crippen LogP contribution in [0.15, 0.2) is 30.5 Å². The third-order valence-corrected chi connectivity index (χ3v) is 5.23. The van der Waals surface area contributed by atoms with Gasteiger partial charge in [0.1, 0.15) is 12.4 Å². The quantitative estimate of drug-likeness (QED) is 0.902. The highest BCUT2D eigenvalue weighted by Gasteiger charge is 2.34. The van der Waals surface area contributed by atoms with Crippen molar-refractivity contribution in [2.45, 2.75) is 50.5 Å². The van der Waals surface area contributed by atoms with E-state index in [2.05, 4.69) is 29.6 Å². The molecule has 1 fully saturated rings. The number of nitrogens with one attached hydrogen (secondary N) is 1. The van der Waals surface area contributed by atoms with Crippen molar-refractivity contribution in [3.63, 3.8) is 0 Å². The van der Waals surface area contributed by atoms with Crippen LogP contribution in [-0.4, -0.2) is 12.6 Å². The number of benzene rings is 1. The summed E-state index contributed by atoms with van der Waals surface area (Å²) in [6.45, 7) is 0.763. The van der Waals surface area contributed by atoms with Crippen molar-refractivity contribution in [2.75, 3.05) is 6.61 Å². The Morgan fingerprint density at radius 3 is 3.05 bits per heavy atom. The Labute approximate surface area is 121 Å². The molecule has 20 heavy (non-hydrogen) atoms. The molecule has 0 spiro atoms. The maximum absolute atomic E-state index is 5.97. The summed E-state index contributed by atoms with van der Waals surface area (Å²) in [5.41, 5.74) is 3.17. The minimum Gasteiger partial charge on any atom is -0.491 e. The second kappa shape index (κ2) is 5.16. The number of fused-ring (bicyclic) bond motifs is 3. The van der Waals surface area contributed by atoms with Gasteiger partial charge in [-0.05, 0) is 67.0 Å². The Hall–Kier alpha value is -1.44. The molecule has 2 unspecified atom stereocenters. The molecule has 3 aliphatic rings. The first-order valence-corrected chi connectivity index (χ1v) is 8.07. The zero-order valence-electron chi connectivity index (χ0n) is 12.0. The van der Waals surface area contributed by atoms with Gasteiger partial charge in [0.2, 0.25) is 0 Å². The molecule has 0 saturated heterocycles. The molecule has 1 saturated carbocycles. The van der Waals surface area contributed by atoms with Crippen LogP contribution in [0.2, 0.25) is 0 Å². The van der Waals surface area contributed by atoms with E-state index in [1.165, 1.54) is 32.1 Å². The average molecular weight is 269 g/mol. The van der Waals surface area contributed by atoms with E-state index in [1.807, 2.05) is 6.20 Å². The highest BCUT2D eigenvalue weighted by Crippen LogP contribution is 2.47. The smallest absolute Gasteiger partial charge is 0.119 e. The SMILES string of the molecule is C1=CN[C@H](COc2ccc3c(c2)CC2CCCCC32)C1. The summed E-state index contributed by atoms with van der Waals surface area (Å²) in [5.74, 6) is 2.80. The van der Waals surface area contributed by atoms with Crippen LogP contribution in [0.1, 0.15) is 49.1 Å². The summed E-state index contributed by atoms with van der Waals surface area (Å²) in [4.78, 5) is 0. The molecular formula is C18H23NO. The van der Waals surface area contributed by atoms with E-state index >= 15 is 0 Å². The van der Waals surface area contributed by atoms with Crippen LogP contribution in [0, 0.1) is 5.92 Å². The number of hydrogen-bond acceptors (Lipinski definition) is 2. The number of hydrogen-bond donors (Lipinski definition) is 1. The van der Waals surface area contributed by atoms with Gasteiger partial charge >= 0.3 is 0 Å². The zero-order chi connectivity index (χ0) is 13.4. The molecule has 0 amide bonds. The van der Waals surface area contributed by atoms with E-state index in [0.29, 0.717) is 6.04 Å². The van der Waals surface area contributed by atoms with Gasteiger partial charge in [0.05, 0.1) is 6.04 Å². The van der Waals surface area contributed by atoms with E-state index in [9.17, 15) is 0 Å². The van der Waals surface area contributed by atoms with Crippen molar-refractivity contribution in [3.8, 4) is 5.75 Å². The molecule has 1 aliphatic heterocycles. The highest BCUT2D eigenvalue weighted by atomic mass is 16.5. The van der Waals surface area contributed by atoms with E-state index in [-0.39, 0.29) is 0 Å². The van der Waals surface area contributed by atoms with Crippen LogP contribution in [0.25, 0.3) is 0 Å². The maximum Gasteiger partial charge on any atom is 0.119 e. The first-order valence-electron chi connectivity index (χ1n) is 8.07. The molecule has 2 nitrogen and oxygen atoms in total.